The Bertz CT molecular complexity index is 667. The van der Waals surface area contributed by atoms with Crippen LogP contribution in [0.1, 0.15) is 60.8 Å². The van der Waals surface area contributed by atoms with Crippen molar-refractivity contribution in [2.45, 2.75) is 61.7 Å². The first-order chi connectivity index (χ1) is 11.0. The van der Waals surface area contributed by atoms with Crippen LogP contribution < -0.4 is 5.32 Å². The zero-order valence-corrected chi connectivity index (χ0v) is 14.4. The summed E-state index contributed by atoms with van der Waals surface area (Å²) >= 11 is 1.72. The van der Waals surface area contributed by atoms with Crippen molar-refractivity contribution < 1.29 is 9.59 Å². The van der Waals surface area contributed by atoms with Gasteiger partial charge >= 0.3 is 0 Å². The molecule has 0 bridgehead atoms. The highest BCUT2D eigenvalue weighted by atomic mass is 32.2. The molecule has 1 aromatic carbocycles. The van der Waals surface area contributed by atoms with Gasteiger partial charge in [-0.25, -0.2) is 0 Å². The molecule has 1 aromatic rings. The summed E-state index contributed by atoms with van der Waals surface area (Å²) in [6.07, 6.45) is 4.49. The fraction of sp³-hybridized carbons (Fsp3) is 0.556. The molecule has 0 radical (unpaired) electrons. The second-order valence-corrected chi connectivity index (χ2v) is 9.00. The summed E-state index contributed by atoms with van der Waals surface area (Å²) in [5.74, 6) is 0.00769. The zero-order chi connectivity index (χ0) is 16.2. The highest BCUT2D eigenvalue weighted by Crippen LogP contribution is 2.56. The number of carbonyl (C=O) groups excluding carboxylic acids is 2. The maximum atomic E-state index is 12.9. The van der Waals surface area contributed by atoms with Crippen molar-refractivity contribution in [2.75, 3.05) is 0 Å². The fourth-order valence-electron chi connectivity index (χ4n) is 4.15. The van der Waals surface area contributed by atoms with Gasteiger partial charge in [-0.15, -0.1) is 11.8 Å². The molecule has 122 valence electrons. The number of carbonyl (C=O) groups is 2. The molecule has 2 amide bonds. The highest BCUT2D eigenvalue weighted by Gasteiger charge is 2.57. The van der Waals surface area contributed by atoms with Crippen molar-refractivity contribution in [1.82, 2.24) is 10.2 Å². The van der Waals surface area contributed by atoms with E-state index in [1.807, 2.05) is 24.3 Å². The number of hydrogen-bond acceptors (Lipinski definition) is 3. The molecule has 2 heterocycles. The van der Waals surface area contributed by atoms with E-state index in [0.29, 0.717) is 0 Å². The van der Waals surface area contributed by atoms with Gasteiger partial charge in [-0.3, -0.25) is 9.59 Å². The molecule has 2 fully saturated rings. The molecule has 4 nitrogen and oxygen atoms in total. The fourth-order valence-corrected chi connectivity index (χ4v) is 5.74. The molecule has 1 aliphatic carbocycles. The van der Waals surface area contributed by atoms with Crippen LogP contribution in [0.5, 0.6) is 0 Å². The number of amides is 2. The third-order valence-corrected chi connectivity index (χ3v) is 6.78. The summed E-state index contributed by atoms with van der Waals surface area (Å²) in [6.45, 7) is 4.15. The van der Waals surface area contributed by atoms with Crippen LogP contribution in [0.25, 0.3) is 0 Å². The van der Waals surface area contributed by atoms with Crippen LogP contribution in [-0.4, -0.2) is 33.5 Å². The third kappa shape index (κ3) is 2.28. The number of hydrogen-bond donors (Lipinski definition) is 1. The second kappa shape index (κ2) is 5.26. The predicted octanol–water partition coefficient (Wildman–Crippen LogP) is 3.09. The van der Waals surface area contributed by atoms with Crippen LogP contribution in [0.4, 0.5) is 0 Å². The van der Waals surface area contributed by atoms with Crippen LogP contribution in [0.3, 0.4) is 0 Å². The number of rotatable bonds is 2. The molecule has 23 heavy (non-hydrogen) atoms. The van der Waals surface area contributed by atoms with Gasteiger partial charge in [0.1, 0.15) is 11.4 Å². The van der Waals surface area contributed by atoms with Gasteiger partial charge in [-0.1, -0.05) is 31.0 Å². The molecule has 2 aliphatic heterocycles. The lowest BCUT2D eigenvalue weighted by Gasteiger charge is -2.30. The van der Waals surface area contributed by atoms with Gasteiger partial charge in [0, 0.05) is 16.4 Å². The molecule has 1 N–H and O–H groups in total. The maximum absolute atomic E-state index is 12.9. The summed E-state index contributed by atoms with van der Waals surface area (Å²) < 4.78 is -0.281. The first-order valence-electron chi connectivity index (χ1n) is 8.39. The Morgan fingerprint density at radius 3 is 2.70 bits per heavy atom. The van der Waals surface area contributed by atoms with Gasteiger partial charge in [0.2, 0.25) is 5.91 Å². The van der Waals surface area contributed by atoms with E-state index in [1.165, 1.54) is 12.8 Å². The van der Waals surface area contributed by atoms with Crippen LogP contribution >= 0.6 is 11.8 Å². The van der Waals surface area contributed by atoms with E-state index < -0.39 is 6.04 Å². The Balaban J connectivity index is 1.64. The molecule has 0 spiro atoms. The van der Waals surface area contributed by atoms with E-state index in [0.717, 1.165) is 24.0 Å². The van der Waals surface area contributed by atoms with E-state index >= 15 is 0 Å². The van der Waals surface area contributed by atoms with Crippen LogP contribution in [0.15, 0.2) is 24.3 Å². The molecule has 3 aliphatic rings. The Labute approximate surface area is 141 Å². The van der Waals surface area contributed by atoms with E-state index in [9.17, 15) is 9.59 Å². The summed E-state index contributed by atoms with van der Waals surface area (Å²) in [5.41, 5.74) is 1.80. The van der Waals surface area contributed by atoms with Crippen molar-refractivity contribution in [1.29, 1.82) is 0 Å². The Kier molecular flexibility index (Phi) is 3.45. The Morgan fingerprint density at radius 1 is 1.26 bits per heavy atom. The minimum absolute atomic E-state index is 0.00440. The van der Waals surface area contributed by atoms with Crippen molar-refractivity contribution in [2.24, 2.45) is 0 Å². The molecule has 4 rings (SSSR count). The lowest BCUT2D eigenvalue weighted by Crippen LogP contribution is -2.54. The molecular formula is C18H22N2O2S. The highest BCUT2D eigenvalue weighted by molar-refractivity contribution is 8.01. The van der Waals surface area contributed by atoms with Crippen molar-refractivity contribution >= 4 is 23.6 Å². The van der Waals surface area contributed by atoms with Gasteiger partial charge in [-0.05, 0) is 38.3 Å². The molecule has 1 unspecified atom stereocenters. The van der Waals surface area contributed by atoms with E-state index in [4.69, 9.17) is 0 Å². The minimum Gasteiger partial charge on any atom is -0.352 e. The topological polar surface area (TPSA) is 49.4 Å². The van der Waals surface area contributed by atoms with E-state index in [2.05, 4.69) is 19.2 Å². The first-order valence-corrected chi connectivity index (χ1v) is 9.27. The Hall–Kier alpha value is -1.49. The van der Waals surface area contributed by atoms with E-state index in [1.54, 1.807) is 16.7 Å². The SMILES string of the molecule is CC1(C)SC2c3ccccc3C(=O)N2[C@@H]1C(=O)NC1CCCC1. The number of nitrogens with one attached hydrogen (secondary N) is 1. The van der Waals surface area contributed by atoms with Crippen molar-refractivity contribution in [3.8, 4) is 0 Å². The second-order valence-electron chi connectivity index (χ2n) is 7.27. The summed E-state index contributed by atoms with van der Waals surface area (Å²) in [4.78, 5) is 27.6. The van der Waals surface area contributed by atoms with Crippen molar-refractivity contribution in [3.05, 3.63) is 35.4 Å². The largest absolute Gasteiger partial charge is 0.352 e. The first kappa shape index (κ1) is 15.1. The lowest BCUT2D eigenvalue weighted by atomic mass is 10.00. The smallest absolute Gasteiger partial charge is 0.256 e. The minimum atomic E-state index is -0.405. The van der Waals surface area contributed by atoms with Gasteiger partial charge < -0.3 is 10.2 Å². The quantitative estimate of drug-likeness (QED) is 0.906. The van der Waals surface area contributed by atoms with Gasteiger partial charge in [0.05, 0.1) is 0 Å². The standard InChI is InChI=1S/C18H22N2O2S/c1-18(2)14(15(21)19-11-7-3-4-8-11)20-16(22)12-9-5-6-10-13(12)17(20)23-18/h5-6,9-11,14,17H,3-4,7-8H2,1-2H3,(H,19,21)/t14-,17?/m1/s1. The summed E-state index contributed by atoms with van der Waals surface area (Å²) in [7, 11) is 0. The average Bonchev–Trinajstić information content (AvgIpc) is 3.16. The third-order valence-electron chi connectivity index (χ3n) is 5.25. The predicted molar refractivity (Wildman–Crippen MR) is 91.2 cm³/mol. The van der Waals surface area contributed by atoms with Crippen LogP contribution in [0, 0.1) is 0 Å². The molecule has 1 saturated carbocycles. The summed E-state index contributed by atoms with van der Waals surface area (Å²) in [5, 5.41) is 3.16. The molecule has 5 heteroatoms. The van der Waals surface area contributed by atoms with Crippen molar-refractivity contribution in [3.63, 3.8) is 0 Å². The average molecular weight is 330 g/mol. The monoisotopic (exact) mass is 330 g/mol. The molecule has 0 aromatic heterocycles. The number of benzene rings is 1. The lowest BCUT2D eigenvalue weighted by molar-refractivity contribution is -0.126. The number of thioether (sulfide) groups is 1. The molecule has 1 saturated heterocycles. The molecule has 2 atom stereocenters. The normalized spacial score (nSPS) is 28.8. The maximum Gasteiger partial charge on any atom is 0.256 e. The van der Waals surface area contributed by atoms with Gasteiger partial charge in [0.25, 0.3) is 5.91 Å². The zero-order valence-electron chi connectivity index (χ0n) is 13.5. The van der Waals surface area contributed by atoms with Crippen LogP contribution in [-0.2, 0) is 4.79 Å². The van der Waals surface area contributed by atoms with Crippen LogP contribution in [0.2, 0.25) is 0 Å². The number of nitrogens with zero attached hydrogens (tertiary/aromatic N) is 1. The molecular weight excluding hydrogens is 308 g/mol. The van der Waals surface area contributed by atoms with E-state index in [-0.39, 0.29) is 28.0 Å². The van der Waals surface area contributed by atoms with Gasteiger partial charge in [-0.2, -0.15) is 0 Å². The summed E-state index contributed by atoms with van der Waals surface area (Å²) in [6, 6.07) is 7.62. The Morgan fingerprint density at radius 2 is 1.96 bits per heavy atom. The number of fused-ring (bicyclic) bond motifs is 3. The van der Waals surface area contributed by atoms with Gasteiger partial charge in [0.15, 0.2) is 0 Å².